The number of H-pyrrole nitrogens is 2. The van der Waals surface area contributed by atoms with Crippen LogP contribution >= 0.6 is 46.4 Å². The average Bonchev–Trinajstić information content (AvgIpc) is 3.64. The molecule has 0 amide bonds. The zero-order chi connectivity index (χ0) is 39.6. The molecule has 0 radical (unpaired) electrons. The van der Waals surface area contributed by atoms with Gasteiger partial charge < -0.3 is 39.7 Å². The van der Waals surface area contributed by atoms with Gasteiger partial charge in [0, 0.05) is 34.3 Å². The molecule has 0 saturated heterocycles. The van der Waals surface area contributed by atoms with Crippen molar-refractivity contribution in [2.24, 2.45) is 0 Å². The number of carboxylic acids is 4. The van der Waals surface area contributed by atoms with E-state index in [0.717, 1.165) is 11.1 Å². The first-order chi connectivity index (χ1) is 24.9. The molecule has 2 aromatic carbocycles. The molecule has 0 aliphatic carbocycles. The van der Waals surface area contributed by atoms with Crippen LogP contribution in [0, 0.1) is 13.8 Å². The number of rotatable bonds is 6. The lowest BCUT2D eigenvalue weighted by Crippen LogP contribution is -2.15. The molecule has 0 aliphatic rings. The molecule has 4 heterocycles. The number of pyridine rings is 3. The maximum absolute atomic E-state index is 11.8. The fourth-order valence-corrected chi connectivity index (χ4v) is 4.76. The molecule has 0 bridgehead atoms. The lowest BCUT2D eigenvalue weighted by Gasteiger charge is -2.05. The summed E-state index contributed by atoms with van der Waals surface area (Å²) in [5, 5.41) is 38.8. The van der Waals surface area contributed by atoms with Crippen LogP contribution in [-0.4, -0.2) is 71.0 Å². The minimum Gasteiger partial charge on any atom is -0.479 e. The minimum absolute atomic E-state index is 0.0106. The van der Waals surface area contributed by atoms with Gasteiger partial charge in [0.25, 0.3) is 0 Å². The first-order valence-electron chi connectivity index (χ1n) is 14.3. The van der Waals surface area contributed by atoms with Crippen LogP contribution in [0.1, 0.15) is 42.4 Å². The number of aromatic nitrogens is 4. The first-order valence-corrected chi connectivity index (χ1v) is 15.8. The Morgan fingerprint density at radius 3 is 1.92 bits per heavy atom. The van der Waals surface area contributed by atoms with Crippen LogP contribution in [0.2, 0.25) is 20.2 Å². The van der Waals surface area contributed by atoms with E-state index in [1.807, 2.05) is 19.9 Å². The van der Waals surface area contributed by atoms with Gasteiger partial charge in [0.05, 0.1) is 22.3 Å². The number of halogens is 4. The number of fused-ring (bicyclic) bond motifs is 2. The highest BCUT2D eigenvalue weighted by atomic mass is 35.5. The summed E-state index contributed by atoms with van der Waals surface area (Å²) >= 11 is 22.6. The molecule has 0 unspecified atom stereocenters. The summed E-state index contributed by atoms with van der Waals surface area (Å²) in [6, 6.07) is 10.7. The van der Waals surface area contributed by atoms with Crippen LogP contribution in [0.25, 0.3) is 21.8 Å². The maximum atomic E-state index is 11.8. The van der Waals surface area contributed by atoms with Crippen molar-refractivity contribution in [1.29, 1.82) is 0 Å². The minimum atomic E-state index is -1.24. The Morgan fingerprint density at radius 1 is 0.774 bits per heavy atom. The van der Waals surface area contributed by atoms with Crippen LogP contribution in [0.15, 0.2) is 75.2 Å². The molecule has 0 saturated carbocycles. The summed E-state index contributed by atoms with van der Waals surface area (Å²) in [4.78, 5) is 74.3. The first kappa shape index (κ1) is 41.5. The number of hydrogen-bond acceptors (Lipinski definition) is 10. The van der Waals surface area contributed by atoms with Gasteiger partial charge in [-0.15, -0.1) is 0 Å². The van der Waals surface area contributed by atoms with E-state index in [2.05, 4.69) is 24.6 Å². The van der Waals surface area contributed by atoms with Gasteiger partial charge in [-0.05, 0) is 55.3 Å². The van der Waals surface area contributed by atoms with Crippen molar-refractivity contribution in [2.45, 2.75) is 13.8 Å². The normalized spacial score (nSPS) is 10.2. The molecule has 276 valence electrons. The maximum Gasteiger partial charge on any atom is 0.374 e. The highest BCUT2D eigenvalue weighted by Gasteiger charge is 2.14. The van der Waals surface area contributed by atoms with Crippen LogP contribution < -0.4 is 15.6 Å². The monoisotopic (exact) mass is 808 g/mol. The van der Waals surface area contributed by atoms with Crippen molar-refractivity contribution in [2.75, 3.05) is 6.61 Å². The molecule has 4 aromatic heterocycles. The molecule has 0 aliphatic heterocycles. The smallest absolute Gasteiger partial charge is 0.374 e. The summed E-state index contributed by atoms with van der Waals surface area (Å²) in [5.41, 5.74) is 1.81. The van der Waals surface area contributed by atoms with E-state index in [9.17, 15) is 28.8 Å². The Bertz CT molecular complexity index is 2450. The van der Waals surface area contributed by atoms with E-state index in [4.69, 9.17) is 71.6 Å². The van der Waals surface area contributed by atoms with Gasteiger partial charge in [-0.2, -0.15) is 4.98 Å². The van der Waals surface area contributed by atoms with Crippen molar-refractivity contribution in [3.63, 3.8) is 0 Å². The summed E-state index contributed by atoms with van der Waals surface area (Å²) in [6.45, 7) is 3.30. The number of ether oxygens (including phenoxy) is 1. The second-order valence-electron chi connectivity index (χ2n) is 10.2. The third kappa shape index (κ3) is 11.0. The topological polar surface area (TPSA) is 263 Å². The molecule has 6 N–H and O–H groups in total. The zero-order valence-electron chi connectivity index (χ0n) is 26.9. The van der Waals surface area contributed by atoms with Gasteiger partial charge in [0.15, 0.2) is 11.8 Å². The largest absolute Gasteiger partial charge is 0.479 e. The second-order valence-corrected chi connectivity index (χ2v) is 11.8. The Kier molecular flexibility index (Phi) is 14.5. The third-order valence-corrected chi connectivity index (χ3v) is 7.90. The Balaban J connectivity index is 0.000000195. The molecule has 0 atom stereocenters. The van der Waals surface area contributed by atoms with E-state index in [0.29, 0.717) is 26.8 Å². The van der Waals surface area contributed by atoms with Crippen molar-refractivity contribution in [3.05, 3.63) is 130 Å². The van der Waals surface area contributed by atoms with Crippen molar-refractivity contribution >= 4 is 92.1 Å². The van der Waals surface area contributed by atoms with Crippen LogP contribution in [0.4, 0.5) is 0 Å². The predicted molar refractivity (Wildman–Crippen MR) is 193 cm³/mol. The number of aromatic carboxylic acids is 3. The number of benzene rings is 2. The SMILES string of the molecule is Cc1ccc2c(=O)c(C(=O)O)c[nH]c2c1C.O=C(O)COc1nc(Cl)c(Cl)cc1Cl.O=C(O)c1c[nH]c2cc(Cl)ccc2c1=O.O=C(O)c1ccno1. The van der Waals surface area contributed by atoms with E-state index in [1.165, 1.54) is 36.8 Å². The van der Waals surface area contributed by atoms with Crippen molar-refractivity contribution in [3.8, 4) is 5.88 Å². The lowest BCUT2D eigenvalue weighted by molar-refractivity contribution is -0.139. The van der Waals surface area contributed by atoms with Gasteiger partial charge in [-0.3, -0.25) is 9.59 Å². The molecular weight excluding hydrogens is 786 g/mol. The Morgan fingerprint density at radius 2 is 1.38 bits per heavy atom. The molecule has 53 heavy (non-hydrogen) atoms. The molecule has 0 fully saturated rings. The zero-order valence-corrected chi connectivity index (χ0v) is 30.0. The number of aryl methyl sites for hydroxylation is 2. The van der Waals surface area contributed by atoms with E-state index in [1.54, 1.807) is 18.2 Å². The number of carbonyl (C=O) groups is 4. The number of nitrogens with zero attached hydrogens (tertiary/aromatic N) is 2. The quantitative estimate of drug-likeness (QED) is 0.0969. The molecule has 0 spiro atoms. The van der Waals surface area contributed by atoms with Crippen molar-refractivity contribution < 1.29 is 48.9 Å². The summed E-state index contributed by atoms with van der Waals surface area (Å²) in [6.07, 6.45) is 3.70. The van der Waals surface area contributed by atoms with E-state index >= 15 is 0 Å². The van der Waals surface area contributed by atoms with E-state index in [-0.39, 0.29) is 38.0 Å². The number of aromatic amines is 2. The molecule has 16 nitrogen and oxygen atoms in total. The third-order valence-electron chi connectivity index (χ3n) is 6.73. The van der Waals surface area contributed by atoms with Crippen LogP contribution in [0.5, 0.6) is 5.88 Å². The van der Waals surface area contributed by atoms with Gasteiger partial charge in [-0.25, -0.2) is 19.2 Å². The van der Waals surface area contributed by atoms with Gasteiger partial charge in [0.2, 0.25) is 22.5 Å². The average molecular weight is 810 g/mol. The highest BCUT2D eigenvalue weighted by Crippen LogP contribution is 2.30. The van der Waals surface area contributed by atoms with E-state index < -0.39 is 41.3 Å². The fraction of sp³-hybridized carbons (Fsp3) is 0.0909. The highest BCUT2D eigenvalue weighted by molar-refractivity contribution is 6.42. The summed E-state index contributed by atoms with van der Waals surface area (Å²) in [7, 11) is 0. The summed E-state index contributed by atoms with van der Waals surface area (Å²) in [5.74, 6) is -4.86. The number of hydrogen-bond donors (Lipinski definition) is 6. The lowest BCUT2D eigenvalue weighted by atomic mass is 10.0. The standard InChI is InChI=1S/C12H11NO3.C10H6ClNO3.C7H4Cl3NO3.C4H3NO3/c1-6-3-4-8-10(7(6)2)13-5-9(11(8)14)12(15)16;11-5-1-2-6-8(3-5)12-4-7(9(6)13)10(14)15;8-3-1-4(9)7(11-6(3)10)14-2-5(12)13;6-4(7)3-1-2-5-8-3/h3-5H,1-2H3,(H,13,14)(H,15,16);1-4H,(H,12,13)(H,14,15);1H,2H2,(H,12,13);1-2H,(H,6,7). The number of nitrogens with one attached hydrogen (secondary N) is 2. The van der Waals surface area contributed by atoms with Crippen LogP contribution in [-0.2, 0) is 4.79 Å². The van der Waals surface area contributed by atoms with Gasteiger partial charge in [0.1, 0.15) is 16.1 Å². The molecule has 6 aromatic rings. The Hall–Kier alpha value is -5.94. The molecule has 20 heteroatoms. The second kappa shape index (κ2) is 18.5. The number of carboxylic acid groups (broad SMARTS) is 4. The molecular formula is C33H24Cl4N4O12. The van der Waals surface area contributed by atoms with Crippen molar-refractivity contribution in [1.82, 2.24) is 20.1 Å². The Labute approximate surface area is 316 Å². The predicted octanol–water partition coefficient (Wildman–Crippen LogP) is 6.60. The molecule has 6 rings (SSSR count). The summed E-state index contributed by atoms with van der Waals surface area (Å²) < 4.78 is 8.99. The van der Waals surface area contributed by atoms with Gasteiger partial charge in [-0.1, -0.05) is 57.6 Å². The van der Waals surface area contributed by atoms with Gasteiger partial charge >= 0.3 is 23.9 Å². The fourth-order valence-electron chi connectivity index (χ4n) is 4.04. The number of aliphatic carboxylic acids is 1. The van der Waals surface area contributed by atoms with Crippen LogP contribution in [0.3, 0.4) is 0 Å².